The Labute approximate surface area is 117 Å². The number of ether oxygens (including phenoxy) is 1. The number of methoxy groups -OCH3 is 1. The lowest BCUT2D eigenvalue weighted by Crippen LogP contribution is -2.47. The van der Waals surface area contributed by atoms with Gasteiger partial charge in [0.05, 0.1) is 22.4 Å². The molecule has 1 aliphatic carbocycles. The lowest BCUT2D eigenvalue weighted by Gasteiger charge is -2.43. The molecule has 0 saturated heterocycles. The summed E-state index contributed by atoms with van der Waals surface area (Å²) in [5, 5.41) is 3.38. The van der Waals surface area contributed by atoms with Gasteiger partial charge in [0, 0.05) is 7.11 Å². The van der Waals surface area contributed by atoms with E-state index in [9.17, 15) is 0 Å². The molecule has 18 heavy (non-hydrogen) atoms. The van der Waals surface area contributed by atoms with Crippen LogP contribution in [0.4, 0.5) is 0 Å². The first kappa shape index (κ1) is 14.1. The molecule has 1 fully saturated rings. The van der Waals surface area contributed by atoms with Gasteiger partial charge in [-0.2, -0.15) is 0 Å². The van der Waals surface area contributed by atoms with Crippen LogP contribution in [0, 0.1) is 5.92 Å². The maximum Gasteiger partial charge on any atom is 0.137 e. The lowest BCUT2D eigenvalue weighted by atomic mass is 9.74. The second kappa shape index (κ2) is 5.76. The zero-order valence-electron chi connectivity index (χ0n) is 11.3. The van der Waals surface area contributed by atoms with E-state index in [0.29, 0.717) is 5.92 Å². The van der Waals surface area contributed by atoms with Gasteiger partial charge in [0.25, 0.3) is 0 Å². The molecule has 0 aromatic carbocycles. The van der Waals surface area contributed by atoms with Gasteiger partial charge in [-0.15, -0.1) is 0 Å². The first-order valence-electron chi connectivity index (χ1n) is 6.58. The van der Waals surface area contributed by atoms with Crippen LogP contribution in [0.25, 0.3) is 0 Å². The number of rotatable bonds is 4. The van der Waals surface area contributed by atoms with Gasteiger partial charge in [-0.3, -0.25) is 0 Å². The van der Waals surface area contributed by atoms with E-state index in [1.165, 1.54) is 12.8 Å². The van der Waals surface area contributed by atoms with Crippen LogP contribution in [0.2, 0.25) is 0 Å². The average molecular weight is 316 g/mol. The van der Waals surface area contributed by atoms with Crippen LogP contribution in [0.15, 0.2) is 21.2 Å². The second-order valence-corrected chi connectivity index (χ2v) is 6.18. The molecule has 1 heterocycles. The molecule has 2 rings (SSSR count). The van der Waals surface area contributed by atoms with Crippen molar-refractivity contribution in [2.45, 2.75) is 44.2 Å². The molecule has 0 radical (unpaired) electrons. The third kappa shape index (κ3) is 2.51. The zero-order valence-corrected chi connectivity index (χ0v) is 12.9. The Morgan fingerprint density at radius 2 is 2.39 bits per heavy atom. The van der Waals surface area contributed by atoms with Gasteiger partial charge in [-0.05, 0) is 47.8 Å². The van der Waals surface area contributed by atoms with Gasteiger partial charge < -0.3 is 14.5 Å². The fraction of sp³-hybridized carbons (Fsp3) is 0.714. The second-order valence-electron chi connectivity index (χ2n) is 5.32. The number of likely N-dealkylation sites (N-methyl/N-ethyl adjacent to an activating group) is 1. The molecule has 0 bridgehead atoms. The SMILES string of the molecule is CNC(c1occc1Br)C1(OC)CCCC(C)C1. The Morgan fingerprint density at radius 1 is 1.61 bits per heavy atom. The highest BCUT2D eigenvalue weighted by Gasteiger charge is 2.44. The third-order valence-corrected chi connectivity index (χ3v) is 4.77. The molecule has 102 valence electrons. The van der Waals surface area contributed by atoms with Crippen molar-refractivity contribution in [3.63, 3.8) is 0 Å². The topological polar surface area (TPSA) is 34.4 Å². The summed E-state index contributed by atoms with van der Waals surface area (Å²) in [6.07, 6.45) is 6.38. The first-order chi connectivity index (χ1) is 8.63. The quantitative estimate of drug-likeness (QED) is 0.915. The van der Waals surface area contributed by atoms with Crippen molar-refractivity contribution in [1.29, 1.82) is 0 Å². The van der Waals surface area contributed by atoms with E-state index < -0.39 is 0 Å². The van der Waals surface area contributed by atoms with E-state index in [2.05, 4.69) is 28.2 Å². The van der Waals surface area contributed by atoms with Crippen molar-refractivity contribution < 1.29 is 9.15 Å². The van der Waals surface area contributed by atoms with Crippen molar-refractivity contribution in [3.05, 3.63) is 22.6 Å². The summed E-state index contributed by atoms with van der Waals surface area (Å²) in [6.45, 7) is 2.30. The fourth-order valence-electron chi connectivity index (χ4n) is 3.25. The summed E-state index contributed by atoms with van der Waals surface area (Å²) >= 11 is 3.55. The van der Waals surface area contributed by atoms with Crippen LogP contribution in [-0.2, 0) is 4.74 Å². The molecule has 3 nitrogen and oxygen atoms in total. The van der Waals surface area contributed by atoms with Crippen LogP contribution in [-0.4, -0.2) is 19.8 Å². The van der Waals surface area contributed by atoms with E-state index >= 15 is 0 Å². The van der Waals surface area contributed by atoms with Gasteiger partial charge in [0.1, 0.15) is 5.76 Å². The molecule has 4 heteroatoms. The Balaban J connectivity index is 2.32. The fourth-order valence-corrected chi connectivity index (χ4v) is 3.68. The van der Waals surface area contributed by atoms with Crippen molar-refractivity contribution in [3.8, 4) is 0 Å². The van der Waals surface area contributed by atoms with E-state index in [1.54, 1.807) is 6.26 Å². The van der Waals surface area contributed by atoms with Crippen LogP contribution in [0.5, 0.6) is 0 Å². The van der Waals surface area contributed by atoms with Gasteiger partial charge in [-0.1, -0.05) is 19.8 Å². The lowest BCUT2D eigenvalue weighted by molar-refractivity contribution is -0.0833. The van der Waals surface area contributed by atoms with Crippen molar-refractivity contribution in [2.24, 2.45) is 5.92 Å². The van der Waals surface area contributed by atoms with E-state index in [1.807, 2.05) is 20.2 Å². The molecular weight excluding hydrogens is 294 g/mol. The number of furan rings is 1. The van der Waals surface area contributed by atoms with Crippen LogP contribution in [0.3, 0.4) is 0 Å². The normalized spacial score (nSPS) is 30.3. The smallest absolute Gasteiger partial charge is 0.137 e. The highest BCUT2D eigenvalue weighted by Crippen LogP contribution is 2.44. The molecule has 0 aliphatic heterocycles. The standard InChI is InChI=1S/C14H22BrNO2/c1-10-5-4-7-14(9-10,17-3)13(16-2)12-11(15)6-8-18-12/h6,8,10,13,16H,4-5,7,9H2,1-3H3. The van der Waals surface area contributed by atoms with Gasteiger partial charge in [-0.25, -0.2) is 0 Å². The molecule has 1 N–H and O–H groups in total. The monoisotopic (exact) mass is 315 g/mol. The van der Waals surface area contributed by atoms with Crippen LogP contribution < -0.4 is 5.32 Å². The Bertz CT molecular complexity index is 393. The van der Waals surface area contributed by atoms with E-state index in [0.717, 1.165) is 23.1 Å². The molecule has 3 atom stereocenters. The van der Waals surface area contributed by atoms with Gasteiger partial charge in [0.15, 0.2) is 0 Å². The van der Waals surface area contributed by atoms with Crippen LogP contribution >= 0.6 is 15.9 Å². The minimum atomic E-state index is -0.160. The average Bonchev–Trinajstić information content (AvgIpc) is 2.77. The zero-order chi connectivity index (χ0) is 13.2. The molecule has 3 unspecified atom stereocenters. The largest absolute Gasteiger partial charge is 0.466 e. The predicted molar refractivity (Wildman–Crippen MR) is 75.6 cm³/mol. The van der Waals surface area contributed by atoms with Gasteiger partial charge in [0.2, 0.25) is 0 Å². The molecule has 1 aromatic rings. The summed E-state index contributed by atoms with van der Waals surface area (Å²) in [5.41, 5.74) is -0.160. The maximum absolute atomic E-state index is 5.94. The highest BCUT2D eigenvalue weighted by molar-refractivity contribution is 9.10. The predicted octanol–water partition coefficient (Wildman–Crippen LogP) is 3.90. The number of hydrogen-bond donors (Lipinski definition) is 1. The Morgan fingerprint density at radius 3 is 2.89 bits per heavy atom. The molecule has 0 amide bonds. The van der Waals surface area contributed by atoms with Crippen LogP contribution in [0.1, 0.15) is 44.4 Å². The molecular formula is C14H22BrNO2. The summed E-state index contributed by atoms with van der Waals surface area (Å²) in [7, 11) is 3.79. The summed E-state index contributed by atoms with van der Waals surface area (Å²) in [5.74, 6) is 1.64. The number of nitrogens with one attached hydrogen (secondary N) is 1. The Hall–Kier alpha value is -0.320. The minimum absolute atomic E-state index is 0.0922. The van der Waals surface area contributed by atoms with Crippen molar-refractivity contribution in [2.75, 3.05) is 14.2 Å². The Kier molecular flexibility index (Phi) is 4.51. The number of halogens is 1. The summed E-state index contributed by atoms with van der Waals surface area (Å²) < 4.78 is 12.6. The third-order valence-electron chi connectivity index (χ3n) is 4.12. The highest BCUT2D eigenvalue weighted by atomic mass is 79.9. The maximum atomic E-state index is 5.94. The minimum Gasteiger partial charge on any atom is -0.466 e. The molecule has 1 aliphatic rings. The number of hydrogen-bond acceptors (Lipinski definition) is 3. The summed E-state index contributed by atoms with van der Waals surface area (Å²) in [6, 6.07) is 2.03. The van der Waals surface area contributed by atoms with Gasteiger partial charge >= 0.3 is 0 Å². The first-order valence-corrected chi connectivity index (χ1v) is 7.37. The molecule has 1 aromatic heterocycles. The molecule has 1 saturated carbocycles. The van der Waals surface area contributed by atoms with Crippen molar-refractivity contribution in [1.82, 2.24) is 5.32 Å². The van der Waals surface area contributed by atoms with Crippen molar-refractivity contribution >= 4 is 15.9 Å². The van der Waals surface area contributed by atoms with E-state index in [-0.39, 0.29) is 11.6 Å². The van der Waals surface area contributed by atoms with E-state index in [4.69, 9.17) is 9.15 Å². The summed E-state index contributed by atoms with van der Waals surface area (Å²) in [4.78, 5) is 0. The molecule has 0 spiro atoms.